The van der Waals surface area contributed by atoms with E-state index in [1.165, 1.54) is 36.1 Å². The Hall–Kier alpha value is -2.96. The van der Waals surface area contributed by atoms with Crippen molar-refractivity contribution in [1.82, 2.24) is 4.57 Å². The number of rotatable bonds is 9. The van der Waals surface area contributed by atoms with E-state index in [1.54, 1.807) is 18.2 Å². The van der Waals surface area contributed by atoms with E-state index >= 15 is 0 Å². The van der Waals surface area contributed by atoms with Gasteiger partial charge in [0.25, 0.3) is 5.56 Å². The zero-order chi connectivity index (χ0) is 24.1. The predicted molar refractivity (Wildman–Crippen MR) is 126 cm³/mol. The summed E-state index contributed by atoms with van der Waals surface area (Å²) in [6, 6.07) is 10.1. The van der Waals surface area contributed by atoms with Crippen LogP contribution in [-0.4, -0.2) is 35.1 Å². The van der Waals surface area contributed by atoms with Crippen molar-refractivity contribution in [2.24, 2.45) is 0 Å². The Bertz CT molecular complexity index is 1310. The molecule has 0 aliphatic carbocycles. The van der Waals surface area contributed by atoms with Gasteiger partial charge in [0.05, 0.1) is 22.7 Å². The van der Waals surface area contributed by atoms with Crippen LogP contribution in [0.2, 0.25) is 10.0 Å². The molecule has 0 fully saturated rings. The summed E-state index contributed by atoms with van der Waals surface area (Å²) in [5, 5.41) is 19.1. The Morgan fingerprint density at radius 3 is 2.61 bits per heavy atom. The third kappa shape index (κ3) is 5.70. The number of hydrogen-bond acceptors (Lipinski definition) is 6. The Kier molecular flexibility index (Phi) is 8.06. The second kappa shape index (κ2) is 10.8. The lowest BCUT2D eigenvalue weighted by atomic mass is 10.0. The number of ketones is 1. The number of carbonyl (C=O) groups excluding carboxylic acids is 1. The number of thiophene rings is 1. The molecule has 33 heavy (non-hydrogen) atoms. The molecular formula is C23H18Cl2N2O5S. The number of methoxy groups -OCH3 is 1. The minimum atomic E-state index is -1.06. The molecule has 170 valence electrons. The molecule has 1 atom stereocenters. The number of carboxylic acid groups (broad SMARTS) is 1. The molecule has 0 radical (unpaired) electrons. The fourth-order valence-electron chi connectivity index (χ4n) is 3.37. The van der Waals surface area contributed by atoms with Gasteiger partial charge in [0, 0.05) is 53.4 Å². The Balaban J connectivity index is 1.99. The maximum atomic E-state index is 13.1. The van der Waals surface area contributed by atoms with Crippen LogP contribution in [0.3, 0.4) is 0 Å². The van der Waals surface area contributed by atoms with Gasteiger partial charge in [0.2, 0.25) is 0 Å². The summed E-state index contributed by atoms with van der Waals surface area (Å²) in [7, 11) is 1.49. The van der Waals surface area contributed by atoms with Crippen molar-refractivity contribution in [2.45, 2.75) is 18.9 Å². The lowest BCUT2D eigenvalue weighted by molar-refractivity contribution is -0.122. The number of carboxylic acids is 1. The van der Waals surface area contributed by atoms with Crippen molar-refractivity contribution in [2.75, 3.05) is 13.7 Å². The number of halogens is 2. The smallest absolute Gasteiger partial charge is 0.345 e. The predicted octanol–water partition coefficient (Wildman–Crippen LogP) is 4.84. The van der Waals surface area contributed by atoms with Gasteiger partial charge in [-0.2, -0.15) is 5.26 Å². The molecule has 1 N–H and O–H groups in total. The largest absolute Gasteiger partial charge is 0.477 e. The first kappa shape index (κ1) is 24.7. The van der Waals surface area contributed by atoms with Crippen LogP contribution in [0.4, 0.5) is 0 Å². The van der Waals surface area contributed by atoms with Crippen LogP contribution in [0.1, 0.15) is 32.6 Å². The summed E-state index contributed by atoms with van der Waals surface area (Å²) in [5.74, 6) is -1.34. The maximum Gasteiger partial charge on any atom is 0.345 e. The number of nitrogens with zero attached hydrogens (tertiary/aromatic N) is 2. The maximum absolute atomic E-state index is 13.1. The number of aromatic nitrogens is 1. The van der Waals surface area contributed by atoms with Gasteiger partial charge in [0.15, 0.2) is 5.78 Å². The second-order valence-corrected chi connectivity index (χ2v) is 9.11. The molecule has 0 amide bonds. The van der Waals surface area contributed by atoms with Gasteiger partial charge >= 0.3 is 5.97 Å². The van der Waals surface area contributed by atoms with E-state index in [4.69, 9.17) is 33.0 Å². The summed E-state index contributed by atoms with van der Waals surface area (Å²) in [6.07, 6.45) is 1.56. The van der Waals surface area contributed by atoms with Crippen molar-refractivity contribution in [3.63, 3.8) is 0 Å². The van der Waals surface area contributed by atoms with Gasteiger partial charge < -0.3 is 14.4 Å². The number of carbonyl (C=O) groups is 2. The van der Waals surface area contributed by atoms with Crippen molar-refractivity contribution < 1.29 is 19.4 Å². The highest BCUT2D eigenvalue weighted by molar-refractivity contribution is 7.14. The van der Waals surface area contributed by atoms with E-state index in [-0.39, 0.29) is 35.1 Å². The number of nitriles is 1. The van der Waals surface area contributed by atoms with Gasteiger partial charge in [-0.1, -0.05) is 23.2 Å². The van der Waals surface area contributed by atoms with Gasteiger partial charge in [-0.25, -0.2) is 4.79 Å². The van der Waals surface area contributed by atoms with Crippen molar-refractivity contribution in [1.29, 1.82) is 5.26 Å². The Morgan fingerprint density at radius 1 is 1.21 bits per heavy atom. The summed E-state index contributed by atoms with van der Waals surface area (Å²) < 4.78 is 6.36. The average Bonchev–Trinajstić information content (AvgIpc) is 3.24. The normalized spacial score (nSPS) is 11.7. The van der Waals surface area contributed by atoms with E-state index in [1.807, 2.05) is 0 Å². The zero-order valence-electron chi connectivity index (χ0n) is 17.4. The quantitative estimate of drug-likeness (QED) is 0.446. The van der Waals surface area contributed by atoms with E-state index in [0.717, 1.165) is 11.3 Å². The highest BCUT2D eigenvalue weighted by Crippen LogP contribution is 2.32. The van der Waals surface area contributed by atoms with Crippen LogP contribution in [0.25, 0.3) is 11.1 Å². The molecule has 0 aliphatic heterocycles. The van der Waals surface area contributed by atoms with Crippen LogP contribution < -0.4 is 5.56 Å². The van der Waals surface area contributed by atoms with Crippen molar-refractivity contribution in [3.8, 4) is 17.2 Å². The first-order chi connectivity index (χ1) is 15.7. The van der Waals surface area contributed by atoms with Crippen LogP contribution >= 0.6 is 34.5 Å². The molecule has 0 aliphatic rings. The monoisotopic (exact) mass is 504 g/mol. The molecule has 0 saturated heterocycles. The summed E-state index contributed by atoms with van der Waals surface area (Å²) in [4.78, 5) is 37.9. The van der Waals surface area contributed by atoms with Crippen molar-refractivity contribution in [3.05, 3.63) is 78.3 Å². The Labute approximate surface area is 203 Å². The van der Waals surface area contributed by atoms with E-state index < -0.39 is 17.6 Å². The molecule has 7 nitrogen and oxygen atoms in total. The van der Waals surface area contributed by atoms with Gasteiger partial charge in [-0.15, -0.1) is 11.3 Å². The average molecular weight is 505 g/mol. The van der Waals surface area contributed by atoms with Crippen LogP contribution in [0.15, 0.2) is 47.4 Å². The van der Waals surface area contributed by atoms with E-state index in [2.05, 4.69) is 6.07 Å². The van der Waals surface area contributed by atoms with E-state index in [0.29, 0.717) is 26.6 Å². The van der Waals surface area contributed by atoms with Crippen molar-refractivity contribution >= 4 is 46.3 Å². The summed E-state index contributed by atoms with van der Waals surface area (Å²) in [6.45, 7) is 0.222. The molecule has 0 saturated carbocycles. The van der Waals surface area contributed by atoms with E-state index in [9.17, 15) is 19.6 Å². The highest BCUT2D eigenvalue weighted by Gasteiger charge is 2.24. The molecule has 3 aromatic rings. The lowest BCUT2D eigenvalue weighted by Crippen LogP contribution is -2.31. The first-order valence-corrected chi connectivity index (χ1v) is 11.3. The molecule has 1 unspecified atom stereocenters. The fraction of sp³-hybridized carbons (Fsp3) is 0.217. The number of pyridine rings is 1. The zero-order valence-corrected chi connectivity index (χ0v) is 19.7. The number of benzene rings is 1. The number of hydrogen-bond donors (Lipinski definition) is 1. The fourth-order valence-corrected chi connectivity index (χ4v) is 4.66. The molecule has 1 aromatic carbocycles. The molecule has 3 rings (SSSR count). The third-order valence-electron chi connectivity index (χ3n) is 4.95. The standard InChI is InChI=1S/C23H18Cl2N2O5S/c1-32-7-6-19(20(28)9-15-4-5-21(33-15)23(30)31)27-12-18(25)17(10-22(27)29)16-8-14(24)3-2-13(16)11-26/h2-5,8,10,12,19H,6-7,9H2,1H3,(H,30,31). The van der Waals surface area contributed by atoms with Crippen LogP contribution in [0, 0.1) is 11.3 Å². The first-order valence-electron chi connectivity index (χ1n) is 9.70. The number of ether oxygens (including phenoxy) is 1. The summed E-state index contributed by atoms with van der Waals surface area (Å²) >= 11 is 13.6. The summed E-state index contributed by atoms with van der Waals surface area (Å²) in [5.41, 5.74) is 0.570. The molecule has 0 spiro atoms. The third-order valence-corrected chi connectivity index (χ3v) is 6.56. The van der Waals surface area contributed by atoms with Gasteiger partial charge in [0.1, 0.15) is 4.88 Å². The topological polar surface area (TPSA) is 109 Å². The Morgan fingerprint density at radius 2 is 1.97 bits per heavy atom. The molecule has 2 aromatic heterocycles. The highest BCUT2D eigenvalue weighted by atomic mass is 35.5. The number of Topliss-reactive ketones (excluding diaryl/α,β-unsaturated/α-hetero) is 1. The second-order valence-electron chi connectivity index (χ2n) is 7.09. The molecular weight excluding hydrogens is 487 g/mol. The number of aromatic carboxylic acids is 1. The minimum Gasteiger partial charge on any atom is -0.477 e. The lowest BCUT2D eigenvalue weighted by Gasteiger charge is -2.20. The molecule has 10 heteroatoms. The molecule has 0 bridgehead atoms. The minimum absolute atomic E-state index is 0.0367. The van der Waals surface area contributed by atoms with Gasteiger partial charge in [-0.3, -0.25) is 9.59 Å². The SMILES string of the molecule is COCCC(C(=O)Cc1ccc(C(=O)O)s1)n1cc(Cl)c(-c2cc(Cl)ccc2C#N)cc1=O. The van der Waals surface area contributed by atoms with Crippen LogP contribution in [-0.2, 0) is 16.0 Å². The molecule has 2 heterocycles. The van der Waals surface area contributed by atoms with Crippen LogP contribution in [0.5, 0.6) is 0 Å². The van der Waals surface area contributed by atoms with Gasteiger partial charge in [-0.05, 0) is 36.8 Å².